The molecular formula is C24H18F2INO2. The van der Waals surface area contributed by atoms with Crippen LogP contribution in [0.4, 0.5) is 8.78 Å². The summed E-state index contributed by atoms with van der Waals surface area (Å²) in [4.78, 5) is 0. The number of ether oxygens (including phenoxy) is 2. The van der Waals surface area contributed by atoms with Gasteiger partial charge in [0.15, 0.2) is 11.5 Å². The van der Waals surface area contributed by atoms with E-state index in [0.717, 1.165) is 14.7 Å². The second kappa shape index (κ2) is 10.2. The van der Waals surface area contributed by atoms with E-state index < -0.39 is 5.82 Å². The van der Waals surface area contributed by atoms with Crippen molar-refractivity contribution in [1.82, 2.24) is 0 Å². The van der Waals surface area contributed by atoms with Gasteiger partial charge in [-0.3, -0.25) is 0 Å². The van der Waals surface area contributed by atoms with Crippen LogP contribution >= 0.6 is 22.6 Å². The number of rotatable bonds is 7. The number of hydrogen-bond acceptors (Lipinski definition) is 3. The molecule has 0 heterocycles. The molecule has 0 atom stereocenters. The third kappa shape index (κ3) is 5.57. The Morgan fingerprint density at radius 1 is 1.03 bits per heavy atom. The molecule has 0 aliphatic heterocycles. The summed E-state index contributed by atoms with van der Waals surface area (Å²) in [5, 5.41) is 9.53. The van der Waals surface area contributed by atoms with Crippen LogP contribution in [-0.4, -0.2) is 6.61 Å². The fourth-order valence-corrected chi connectivity index (χ4v) is 3.59. The van der Waals surface area contributed by atoms with E-state index in [1.807, 2.05) is 13.0 Å². The van der Waals surface area contributed by atoms with Gasteiger partial charge in [-0.2, -0.15) is 5.26 Å². The summed E-state index contributed by atoms with van der Waals surface area (Å²) in [6.07, 6.45) is 1.68. The van der Waals surface area contributed by atoms with Crippen LogP contribution in [0, 0.1) is 26.5 Å². The summed E-state index contributed by atoms with van der Waals surface area (Å²) >= 11 is 2.14. The van der Waals surface area contributed by atoms with E-state index in [9.17, 15) is 14.0 Å². The van der Waals surface area contributed by atoms with Crippen LogP contribution in [0.1, 0.15) is 23.6 Å². The third-order valence-corrected chi connectivity index (χ3v) is 5.00. The lowest BCUT2D eigenvalue weighted by molar-refractivity contribution is 0.267. The maximum Gasteiger partial charge on any atom is 0.175 e. The van der Waals surface area contributed by atoms with Gasteiger partial charge in [0.1, 0.15) is 18.2 Å². The molecule has 3 aromatic rings. The first kappa shape index (κ1) is 21.8. The quantitative estimate of drug-likeness (QED) is 0.201. The molecule has 152 valence electrons. The molecule has 0 N–H and O–H groups in total. The average molecular weight is 517 g/mol. The van der Waals surface area contributed by atoms with E-state index in [4.69, 9.17) is 9.47 Å². The Hall–Kier alpha value is -2.92. The van der Waals surface area contributed by atoms with Gasteiger partial charge in [-0.05, 0) is 88.7 Å². The van der Waals surface area contributed by atoms with Crippen LogP contribution < -0.4 is 9.47 Å². The number of benzene rings is 3. The minimum atomic E-state index is -0.400. The maximum absolute atomic E-state index is 13.5. The van der Waals surface area contributed by atoms with Gasteiger partial charge in [-0.1, -0.05) is 24.3 Å². The van der Waals surface area contributed by atoms with Crippen molar-refractivity contribution in [2.75, 3.05) is 6.61 Å². The van der Waals surface area contributed by atoms with E-state index in [1.165, 1.54) is 24.3 Å². The molecule has 3 rings (SSSR count). The zero-order valence-corrected chi connectivity index (χ0v) is 18.3. The molecule has 0 aliphatic carbocycles. The van der Waals surface area contributed by atoms with Gasteiger partial charge >= 0.3 is 0 Å². The SMILES string of the molecule is CCOc1cc(/C=C(/C#N)c2cccc(F)c2)cc(I)c1OCc1ccc(F)cc1. The van der Waals surface area contributed by atoms with Crippen molar-refractivity contribution >= 4 is 34.2 Å². The second-order valence-corrected chi connectivity index (χ2v) is 7.52. The first-order valence-corrected chi connectivity index (χ1v) is 10.3. The standard InChI is InChI=1S/C24H18F2INO2/c1-2-29-23-12-17(10-19(14-28)18-4-3-5-21(26)13-18)11-22(27)24(23)30-15-16-6-8-20(25)9-7-16/h3-13H,2,15H2,1H3/b19-10-. The smallest absolute Gasteiger partial charge is 0.175 e. The van der Waals surface area contributed by atoms with Crippen molar-refractivity contribution in [3.05, 3.63) is 92.6 Å². The van der Waals surface area contributed by atoms with E-state index in [0.29, 0.717) is 29.2 Å². The third-order valence-electron chi connectivity index (χ3n) is 4.20. The van der Waals surface area contributed by atoms with Crippen LogP contribution in [0.5, 0.6) is 11.5 Å². The van der Waals surface area contributed by atoms with Crippen molar-refractivity contribution < 1.29 is 18.3 Å². The first-order chi connectivity index (χ1) is 14.5. The first-order valence-electron chi connectivity index (χ1n) is 9.21. The van der Waals surface area contributed by atoms with Crippen molar-refractivity contribution in [3.8, 4) is 17.6 Å². The van der Waals surface area contributed by atoms with Crippen LogP contribution in [0.25, 0.3) is 11.6 Å². The maximum atomic E-state index is 13.5. The van der Waals surface area contributed by atoms with Crippen molar-refractivity contribution in [3.63, 3.8) is 0 Å². The molecule has 0 saturated heterocycles. The molecule has 0 fully saturated rings. The summed E-state index contributed by atoms with van der Waals surface area (Å²) < 4.78 is 39.1. The zero-order chi connectivity index (χ0) is 21.5. The molecule has 0 amide bonds. The highest BCUT2D eigenvalue weighted by molar-refractivity contribution is 14.1. The highest BCUT2D eigenvalue weighted by atomic mass is 127. The fraction of sp³-hybridized carbons (Fsp3) is 0.125. The molecule has 0 radical (unpaired) electrons. The van der Waals surface area contributed by atoms with Crippen molar-refractivity contribution in [2.24, 2.45) is 0 Å². The van der Waals surface area contributed by atoms with E-state index in [1.54, 1.807) is 36.4 Å². The van der Waals surface area contributed by atoms with Crippen LogP contribution in [0.2, 0.25) is 0 Å². The summed E-state index contributed by atoms with van der Waals surface area (Å²) in [6, 6.07) is 17.8. The average Bonchev–Trinajstić information content (AvgIpc) is 2.73. The predicted molar refractivity (Wildman–Crippen MR) is 121 cm³/mol. The van der Waals surface area contributed by atoms with Gasteiger partial charge in [-0.15, -0.1) is 0 Å². The van der Waals surface area contributed by atoms with Crippen LogP contribution in [0.3, 0.4) is 0 Å². The Bertz CT molecular complexity index is 1110. The van der Waals surface area contributed by atoms with E-state index >= 15 is 0 Å². The topological polar surface area (TPSA) is 42.2 Å². The highest BCUT2D eigenvalue weighted by Gasteiger charge is 2.13. The number of nitriles is 1. The molecule has 0 saturated carbocycles. The van der Waals surface area contributed by atoms with Gasteiger partial charge in [0.2, 0.25) is 0 Å². The Morgan fingerprint density at radius 2 is 1.80 bits per heavy atom. The molecular weight excluding hydrogens is 499 g/mol. The summed E-state index contributed by atoms with van der Waals surface area (Å²) in [6.45, 7) is 2.57. The van der Waals surface area contributed by atoms with Gasteiger partial charge in [0.25, 0.3) is 0 Å². The number of hydrogen-bond donors (Lipinski definition) is 0. The number of nitrogens with zero attached hydrogens (tertiary/aromatic N) is 1. The van der Waals surface area contributed by atoms with Crippen LogP contribution in [0.15, 0.2) is 60.7 Å². The van der Waals surface area contributed by atoms with Crippen molar-refractivity contribution in [1.29, 1.82) is 5.26 Å². The number of halogens is 3. The molecule has 3 nitrogen and oxygen atoms in total. The molecule has 0 unspecified atom stereocenters. The summed E-state index contributed by atoms with van der Waals surface area (Å²) in [7, 11) is 0. The fourth-order valence-electron chi connectivity index (χ4n) is 2.81. The molecule has 6 heteroatoms. The minimum Gasteiger partial charge on any atom is -0.490 e. The predicted octanol–water partition coefficient (Wildman–Crippen LogP) is 6.61. The lowest BCUT2D eigenvalue weighted by Gasteiger charge is -2.15. The normalized spacial score (nSPS) is 11.1. The Balaban J connectivity index is 1.92. The lowest BCUT2D eigenvalue weighted by atomic mass is 10.0. The summed E-state index contributed by atoms with van der Waals surface area (Å²) in [5.41, 5.74) is 2.41. The van der Waals surface area contributed by atoms with Crippen molar-refractivity contribution in [2.45, 2.75) is 13.5 Å². The molecule has 0 bridgehead atoms. The monoisotopic (exact) mass is 517 g/mol. The zero-order valence-electron chi connectivity index (χ0n) is 16.2. The Morgan fingerprint density at radius 3 is 2.47 bits per heavy atom. The van der Waals surface area contributed by atoms with Gasteiger partial charge in [-0.25, -0.2) is 8.78 Å². The second-order valence-electron chi connectivity index (χ2n) is 6.36. The highest BCUT2D eigenvalue weighted by Crippen LogP contribution is 2.36. The summed E-state index contributed by atoms with van der Waals surface area (Å²) in [5.74, 6) is 0.409. The van der Waals surface area contributed by atoms with E-state index in [2.05, 4.69) is 28.7 Å². The molecule has 0 spiro atoms. The molecule has 30 heavy (non-hydrogen) atoms. The van der Waals surface area contributed by atoms with Gasteiger partial charge in [0.05, 0.1) is 21.8 Å². The lowest BCUT2D eigenvalue weighted by Crippen LogP contribution is -2.02. The molecule has 0 aromatic heterocycles. The molecule has 3 aromatic carbocycles. The largest absolute Gasteiger partial charge is 0.490 e. The Kier molecular flexibility index (Phi) is 7.41. The molecule has 0 aliphatic rings. The van der Waals surface area contributed by atoms with Crippen LogP contribution in [-0.2, 0) is 6.61 Å². The number of allylic oxidation sites excluding steroid dienone is 1. The van der Waals surface area contributed by atoms with Gasteiger partial charge in [0, 0.05) is 0 Å². The Labute approximate surface area is 187 Å². The van der Waals surface area contributed by atoms with Gasteiger partial charge < -0.3 is 9.47 Å². The minimum absolute atomic E-state index is 0.262. The van der Waals surface area contributed by atoms with E-state index in [-0.39, 0.29) is 12.4 Å².